The van der Waals surface area contributed by atoms with Crippen LogP contribution in [-0.4, -0.2) is 66.8 Å². The Labute approximate surface area is 120 Å². The van der Waals surface area contributed by atoms with Gasteiger partial charge in [-0.05, 0) is 25.7 Å². The minimum atomic E-state index is -2.44. The number of rotatable bonds is 5. The highest BCUT2D eigenvalue weighted by molar-refractivity contribution is 8.10. The molecule has 4 aliphatic rings. The fourth-order valence-electron chi connectivity index (χ4n) is 3.23. The summed E-state index contributed by atoms with van der Waals surface area (Å²) in [6.07, 6.45) is 3.29. The minimum Gasteiger partial charge on any atom is -0.313 e. The van der Waals surface area contributed by atoms with E-state index in [1.54, 1.807) is 0 Å². The van der Waals surface area contributed by atoms with Gasteiger partial charge in [-0.2, -0.15) is 0 Å². The molecular weight excluding hydrogens is 302 g/mol. The van der Waals surface area contributed by atoms with E-state index >= 15 is 0 Å². The molecule has 0 unspecified atom stereocenters. The third-order valence-corrected chi connectivity index (χ3v) is 11.1. The maximum absolute atomic E-state index is 5.72. The van der Waals surface area contributed by atoms with E-state index in [1.807, 2.05) is 13.8 Å². The van der Waals surface area contributed by atoms with E-state index in [4.69, 9.17) is 25.4 Å². The molecule has 0 saturated carbocycles. The predicted molar refractivity (Wildman–Crippen MR) is 81.6 cm³/mol. The molecule has 0 aromatic heterocycles. The molecule has 4 fully saturated rings. The second-order valence-corrected chi connectivity index (χ2v) is 11.9. The molecule has 0 aromatic rings. The maximum Gasteiger partial charge on any atom is 0.307 e. The van der Waals surface area contributed by atoms with Gasteiger partial charge in [0, 0.05) is 25.9 Å². The molecule has 6 nitrogen and oxygen atoms in total. The Morgan fingerprint density at radius 3 is 1.79 bits per heavy atom. The van der Waals surface area contributed by atoms with Gasteiger partial charge in [0.15, 0.2) is 0 Å². The van der Waals surface area contributed by atoms with E-state index in [1.165, 1.54) is 0 Å². The van der Waals surface area contributed by atoms with Crippen LogP contribution in [0.4, 0.5) is 0 Å². The molecule has 4 saturated heterocycles. The average Bonchev–Trinajstić information content (AvgIpc) is 2.25. The minimum absolute atomic E-state index is 0.581. The Balaban J connectivity index is 1.90. The second kappa shape index (κ2) is 5.47. The highest BCUT2D eigenvalue weighted by atomic mass is 32.5. The summed E-state index contributed by atoms with van der Waals surface area (Å²) in [6, 6.07) is 0. The molecule has 0 radical (unpaired) electrons. The van der Waals surface area contributed by atoms with Crippen molar-refractivity contribution in [3.8, 4) is 0 Å². The predicted octanol–water partition coefficient (Wildman–Crippen LogP) is 2.18. The zero-order valence-electron chi connectivity index (χ0n) is 11.6. The largest absolute Gasteiger partial charge is 0.313 e. The summed E-state index contributed by atoms with van der Waals surface area (Å²) in [5.41, 5.74) is 0. The Hall–Kier alpha value is 0.680. The van der Waals surface area contributed by atoms with Gasteiger partial charge in [0.1, 0.15) is 0 Å². The maximum atomic E-state index is 5.72. The first-order chi connectivity index (χ1) is 9.06. The van der Waals surface area contributed by atoms with Gasteiger partial charge in [0.2, 0.25) is 0 Å². The first kappa shape index (κ1) is 14.6. The lowest BCUT2D eigenvalue weighted by molar-refractivity contribution is -0.0265. The Kier molecular flexibility index (Phi) is 4.20. The lowest BCUT2D eigenvalue weighted by atomic mass is 10.5. The quantitative estimate of drug-likeness (QED) is 0.722. The molecule has 0 amide bonds. The van der Waals surface area contributed by atoms with Crippen LogP contribution in [0.3, 0.4) is 0 Å². The Bertz CT molecular complexity index is 407. The van der Waals surface area contributed by atoms with Crippen LogP contribution in [0, 0.1) is 0 Å². The Morgan fingerprint density at radius 1 is 1.00 bits per heavy atom. The van der Waals surface area contributed by atoms with Crippen LogP contribution in [0.2, 0.25) is 0 Å². The molecule has 4 aliphatic heterocycles. The van der Waals surface area contributed by atoms with Gasteiger partial charge in [0.25, 0.3) is 0 Å². The van der Waals surface area contributed by atoms with Crippen molar-refractivity contribution in [2.75, 3.05) is 52.1 Å². The van der Waals surface area contributed by atoms with E-state index in [0.29, 0.717) is 13.2 Å². The van der Waals surface area contributed by atoms with Gasteiger partial charge in [0.05, 0.1) is 33.2 Å². The van der Waals surface area contributed by atoms with Crippen molar-refractivity contribution in [2.24, 2.45) is 4.52 Å². The fraction of sp³-hybridized carbons (Fsp3) is 1.00. The van der Waals surface area contributed by atoms with Gasteiger partial charge >= 0.3 is 6.64 Å². The molecule has 4 rings (SSSR count). The summed E-state index contributed by atoms with van der Waals surface area (Å²) in [7, 11) is -1.43. The normalized spacial score (nSPS) is 40.6. The Morgan fingerprint density at radius 2 is 1.42 bits per heavy atom. The summed E-state index contributed by atoms with van der Waals surface area (Å²) in [5, 5.41) is 0. The van der Waals surface area contributed by atoms with Gasteiger partial charge in [-0.15, -0.1) is 0 Å². The molecule has 110 valence electrons. The summed E-state index contributed by atoms with van der Waals surface area (Å²) < 4.78 is 16.5. The lowest BCUT2D eigenvalue weighted by Gasteiger charge is -2.57. The van der Waals surface area contributed by atoms with Crippen molar-refractivity contribution >= 4 is 25.5 Å². The highest BCUT2D eigenvalue weighted by Gasteiger charge is 2.44. The zero-order chi connectivity index (χ0) is 13.5. The van der Waals surface area contributed by atoms with Gasteiger partial charge in [-0.25, -0.2) is 4.52 Å². The van der Waals surface area contributed by atoms with E-state index < -0.39 is 13.7 Å². The smallest absolute Gasteiger partial charge is 0.307 e. The summed E-state index contributed by atoms with van der Waals surface area (Å²) in [5.74, 6) is 0. The van der Waals surface area contributed by atoms with Crippen molar-refractivity contribution in [3.05, 3.63) is 0 Å². The third-order valence-electron chi connectivity index (χ3n) is 3.47. The molecule has 0 spiro atoms. The molecular formula is C10H22N4O2P2S. The van der Waals surface area contributed by atoms with Gasteiger partial charge in [-0.1, -0.05) is 0 Å². The van der Waals surface area contributed by atoms with Crippen LogP contribution in [0.1, 0.15) is 13.8 Å². The molecule has 0 N–H and O–H groups in total. The number of hydrogen-bond acceptors (Lipinski definition) is 6. The van der Waals surface area contributed by atoms with Crippen molar-refractivity contribution in [2.45, 2.75) is 13.8 Å². The molecule has 4 heterocycles. The molecule has 0 aliphatic carbocycles. The van der Waals surface area contributed by atoms with Crippen LogP contribution >= 0.6 is 13.7 Å². The van der Waals surface area contributed by atoms with E-state index in [2.05, 4.69) is 14.7 Å². The van der Waals surface area contributed by atoms with Gasteiger partial charge in [-0.3, -0.25) is 14.7 Å². The first-order valence-electron chi connectivity index (χ1n) is 6.73. The van der Waals surface area contributed by atoms with Crippen LogP contribution in [0.25, 0.3) is 0 Å². The average molecular weight is 324 g/mol. The van der Waals surface area contributed by atoms with E-state index in [-0.39, 0.29) is 0 Å². The lowest BCUT2D eigenvalue weighted by Crippen LogP contribution is -2.63. The molecule has 4 bridgehead atoms. The number of hydrogen-bond donors (Lipinski definition) is 0. The third kappa shape index (κ3) is 2.99. The number of nitrogens with zero attached hydrogens (tertiary/aromatic N) is 4. The SMILES string of the molecule is CCOP(=S)(N=P12CN3CN(CN(C3)C1)C2)OCC. The molecule has 0 aromatic carbocycles. The fourth-order valence-corrected chi connectivity index (χ4v) is 12.0. The summed E-state index contributed by atoms with van der Waals surface area (Å²) in [4.78, 5) is 7.43. The van der Waals surface area contributed by atoms with Gasteiger partial charge < -0.3 is 9.05 Å². The standard InChI is InChI=1S/C10H22N4O2P2S/c1-3-15-18(19,16-4-2)11-17-8-12-5-13(9-17)7-14(6-12)10-17/h3-10H2,1-2H3. The van der Waals surface area contributed by atoms with Crippen LogP contribution in [0.15, 0.2) is 4.52 Å². The molecule has 0 atom stereocenters. The van der Waals surface area contributed by atoms with Crippen LogP contribution in [0.5, 0.6) is 0 Å². The monoisotopic (exact) mass is 324 g/mol. The second-order valence-electron chi connectivity index (χ2n) is 5.35. The molecule has 19 heavy (non-hydrogen) atoms. The highest BCUT2D eigenvalue weighted by Crippen LogP contribution is 2.66. The van der Waals surface area contributed by atoms with Crippen molar-refractivity contribution in [3.63, 3.8) is 0 Å². The summed E-state index contributed by atoms with van der Waals surface area (Å²) in [6.45, 7) is 5.90. The van der Waals surface area contributed by atoms with E-state index in [9.17, 15) is 0 Å². The van der Waals surface area contributed by atoms with E-state index in [0.717, 1.165) is 38.9 Å². The van der Waals surface area contributed by atoms with Crippen LogP contribution < -0.4 is 0 Å². The zero-order valence-corrected chi connectivity index (χ0v) is 14.2. The van der Waals surface area contributed by atoms with Crippen LogP contribution in [-0.2, 0) is 20.9 Å². The topological polar surface area (TPSA) is 40.5 Å². The summed E-state index contributed by atoms with van der Waals surface area (Å²) >= 11 is 5.61. The van der Waals surface area contributed by atoms with Crippen molar-refractivity contribution in [1.82, 2.24) is 14.7 Å². The van der Waals surface area contributed by atoms with Crippen molar-refractivity contribution < 1.29 is 9.05 Å². The molecule has 9 heteroatoms. The first-order valence-corrected chi connectivity index (χ1v) is 11.6. The van der Waals surface area contributed by atoms with Crippen molar-refractivity contribution in [1.29, 1.82) is 0 Å².